The highest BCUT2D eigenvalue weighted by molar-refractivity contribution is 4.72. The zero-order chi connectivity index (χ0) is 10.2. The van der Waals surface area contributed by atoms with Gasteiger partial charge >= 0.3 is 0 Å². The van der Waals surface area contributed by atoms with Gasteiger partial charge in [-0.05, 0) is 38.4 Å². The van der Waals surface area contributed by atoms with Crippen LogP contribution in [0.4, 0.5) is 0 Å². The molecule has 0 spiro atoms. The molecule has 1 fully saturated rings. The Morgan fingerprint density at radius 2 is 2.14 bits per heavy atom. The van der Waals surface area contributed by atoms with E-state index in [9.17, 15) is 0 Å². The van der Waals surface area contributed by atoms with Crippen molar-refractivity contribution in [2.24, 2.45) is 5.92 Å². The number of nitrogens with zero attached hydrogens (tertiary/aromatic N) is 2. The zero-order valence-electron chi connectivity index (χ0n) is 9.13. The van der Waals surface area contributed by atoms with Crippen LogP contribution in [0.3, 0.4) is 0 Å². The third kappa shape index (κ3) is 4.59. The van der Waals surface area contributed by atoms with Crippen molar-refractivity contribution in [2.75, 3.05) is 32.7 Å². The third-order valence-corrected chi connectivity index (χ3v) is 2.67. The fourth-order valence-corrected chi connectivity index (χ4v) is 1.96. The van der Waals surface area contributed by atoms with Crippen molar-refractivity contribution in [3.8, 4) is 6.07 Å². The number of hydrogen-bond donors (Lipinski definition) is 1. The molecule has 0 amide bonds. The van der Waals surface area contributed by atoms with Gasteiger partial charge in [-0.1, -0.05) is 6.92 Å². The summed E-state index contributed by atoms with van der Waals surface area (Å²) >= 11 is 0. The van der Waals surface area contributed by atoms with Gasteiger partial charge in [0.2, 0.25) is 0 Å². The van der Waals surface area contributed by atoms with E-state index in [1.54, 1.807) is 0 Å². The lowest BCUT2D eigenvalue weighted by atomic mass is 10.1. The van der Waals surface area contributed by atoms with Crippen LogP contribution in [0.2, 0.25) is 0 Å². The molecule has 0 aliphatic carbocycles. The lowest BCUT2D eigenvalue weighted by molar-refractivity contribution is 0.283. The molecule has 3 nitrogen and oxygen atoms in total. The predicted octanol–water partition coefficient (Wildman–Crippen LogP) is 1.22. The van der Waals surface area contributed by atoms with E-state index in [0.29, 0.717) is 12.3 Å². The fourth-order valence-electron chi connectivity index (χ4n) is 1.96. The largest absolute Gasteiger partial charge is 0.315 e. The molecule has 0 aromatic carbocycles. The van der Waals surface area contributed by atoms with E-state index in [1.807, 2.05) is 0 Å². The van der Waals surface area contributed by atoms with E-state index in [1.165, 1.54) is 32.5 Å². The first-order valence-corrected chi connectivity index (χ1v) is 5.63. The van der Waals surface area contributed by atoms with Crippen LogP contribution in [-0.2, 0) is 0 Å². The number of rotatable bonds is 6. The van der Waals surface area contributed by atoms with Gasteiger partial charge in [-0.3, -0.25) is 0 Å². The SMILES string of the molecule is CC(CNCCC#N)CN1CCCC1. The van der Waals surface area contributed by atoms with Gasteiger partial charge in [0.25, 0.3) is 0 Å². The van der Waals surface area contributed by atoms with Crippen molar-refractivity contribution in [1.29, 1.82) is 5.26 Å². The van der Waals surface area contributed by atoms with Crippen LogP contribution in [0, 0.1) is 17.2 Å². The Morgan fingerprint density at radius 1 is 1.43 bits per heavy atom. The molecule has 0 bridgehead atoms. The maximum atomic E-state index is 8.36. The molecule has 0 aromatic heterocycles. The first-order valence-electron chi connectivity index (χ1n) is 5.63. The Morgan fingerprint density at radius 3 is 2.79 bits per heavy atom. The number of nitrogens with one attached hydrogen (secondary N) is 1. The topological polar surface area (TPSA) is 39.1 Å². The number of hydrogen-bond acceptors (Lipinski definition) is 3. The average molecular weight is 195 g/mol. The lowest BCUT2D eigenvalue weighted by Crippen LogP contribution is -2.31. The molecule has 1 aliphatic rings. The van der Waals surface area contributed by atoms with Gasteiger partial charge in [0.1, 0.15) is 0 Å². The van der Waals surface area contributed by atoms with Gasteiger partial charge in [-0.2, -0.15) is 5.26 Å². The summed E-state index contributed by atoms with van der Waals surface area (Å²) in [5, 5.41) is 11.7. The molecule has 1 rings (SSSR count). The van der Waals surface area contributed by atoms with Gasteiger partial charge in [0, 0.05) is 19.5 Å². The molecule has 0 aromatic rings. The van der Waals surface area contributed by atoms with E-state index in [-0.39, 0.29) is 0 Å². The molecule has 1 N–H and O–H groups in total. The summed E-state index contributed by atoms with van der Waals surface area (Å²) in [6, 6.07) is 2.14. The van der Waals surface area contributed by atoms with E-state index in [0.717, 1.165) is 13.1 Å². The highest BCUT2D eigenvalue weighted by Crippen LogP contribution is 2.09. The summed E-state index contributed by atoms with van der Waals surface area (Å²) in [7, 11) is 0. The Bertz CT molecular complexity index is 179. The van der Waals surface area contributed by atoms with E-state index in [4.69, 9.17) is 5.26 Å². The monoisotopic (exact) mass is 195 g/mol. The number of likely N-dealkylation sites (tertiary alicyclic amines) is 1. The predicted molar refractivity (Wildman–Crippen MR) is 57.9 cm³/mol. The average Bonchev–Trinajstić information content (AvgIpc) is 2.65. The Balaban J connectivity index is 1.98. The molecular formula is C11H21N3. The first-order chi connectivity index (χ1) is 6.83. The van der Waals surface area contributed by atoms with Crippen LogP contribution in [0.1, 0.15) is 26.2 Å². The first kappa shape index (κ1) is 11.5. The Labute approximate surface area is 87.1 Å². The summed E-state index contributed by atoms with van der Waals surface area (Å²) in [6.07, 6.45) is 3.36. The minimum absolute atomic E-state index is 0.621. The third-order valence-electron chi connectivity index (χ3n) is 2.67. The van der Waals surface area contributed by atoms with Crippen molar-refractivity contribution in [3.63, 3.8) is 0 Å². The van der Waals surface area contributed by atoms with Gasteiger partial charge < -0.3 is 10.2 Å². The van der Waals surface area contributed by atoms with Crippen molar-refractivity contribution in [1.82, 2.24) is 10.2 Å². The van der Waals surface area contributed by atoms with Crippen LogP contribution < -0.4 is 5.32 Å². The van der Waals surface area contributed by atoms with Crippen LogP contribution >= 0.6 is 0 Å². The molecule has 80 valence electrons. The highest BCUT2D eigenvalue weighted by atomic mass is 15.1. The van der Waals surface area contributed by atoms with Crippen LogP contribution in [-0.4, -0.2) is 37.6 Å². The van der Waals surface area contributed by atoms with Crippen LogP contribution in [0.15, 0.2) is 0 Å². The molecule has 0 radical (unpaired) electrons. The summed E-state index contributed by atoms with van der Waals surface area (Å²) < 4.78 is 0. The van der Waals surface area contributed by atoms with E-state index in [2.05, 4.69) is 23.2 Å². The second kappa shape index (κ2) is 6.80. The maximum absolute atomic E-state index is 8.36. The Hall–Kier alpha value is -0.590. The molecule has 1 saturated heterocycles. The zero-order valence-corrected chi connectivity index (χ0v) is 9.13. The summed E-state index contributed by atoms with van der Waals surface area (Å²) in [5.74, 6) is 0.701. The van der Waals surface area contributed by atoms with E-state index < -0.39 is 0 Å². The maximum Gasteiger partial charge on any atom is 0.0635 e. The van der Waals surface area contributed by atoms with Crippen molar-refractivity contribution in [3.05, 3.63) is 0 Å². The van der Waals surface area contributed by atoms with Gasteiger partial charge in [0.15, 0.2) is 0 Å². The Kier molecular flexibility index (Phi) is 5.58. The fraction of sp³-hybridized carbons (Fsp3) is 0.909. The number of nitriles is 1. The molecule has 0 saturated carbocycles. The van der Waals surface area contributed by atoms with Crippen molar-refractivity contribution >= 4 is 0 Å². The molecule has 3 heteroatoms. The van der Waals surface area contributed by atoms with E-state index >= 15 is 0 Å². The quantitative estimate of drug-likeness (QED) is 0.648. The smallest absolute Gasteiger partial charge is 0.0635 e. The lowest BCUT2D eigenvalue weighted by Gasteiger charge is -2.20. The van der Waals surface area contributed by atoms with Gasteiger partial charge in [-0.15, -0.1) is 0 Å². The molecule has 1 unspecified atom stereocenters. The van der Waals surface area contributed by atoms with Crippen molar-refractivity contribution in [2.45, 2.75) is 26.2 Å². The standard InChI is InChI=1S/C11H21N3/c1-11(9-13-6-4-5-12)10-14-7-2-3-8-14/h11,13H,2-4,6-10H2,1H3. The van der Waals surface area contributed by atoms with Gasteiger partial charge in [-0.25, -0.2) is 0 Å². The van der Waals surface area contributed by atoms with Crippen LogP contribution in [0.25, 0.3) is 0 Å². The summed E-state index contributed by atoms with van der Waals surface area (Å²) in [4.78, 5) is 2.54. The highest BCUT2D eigenvalue weighted by Gasteiger charge is 2.13. The molecule has 1 heterocycles. The molecule has 1 aliphatic heterocycles. The molecular weight excluding hydrogens is 174 g/mol. The summed E-state index contributed by atoms with van der Waals surface area (Å²) in [6.45, 7) is 7.92. The van der Waals surface area contributed by atoms with Crippen LogP contribution in [0.5, 0.6) is 0 Å². The second-order valence-corrected chi connectivity index (χ2v) is 4.23. The molecule has 14 heavy (non-hydrogen) atoms. The van der Waals surface area contributed by atoms with Crippen molar-refractivity contribution < 1.29 is 0 Å². The minimum atomic E-state index is 0.621. The summed E-state index contributed by atoms with van der Waals surface area (Å²) in [5.41, 5.74) is 0. The van der Waals surface area contributed by atoms with Gasteiger partial charge in [0.05, 0.1) is 6.07 Å². The molecule has 1 atom stereocenters. The second-order valence-electron chi connectivity index (χ2n) is 4.23. The normalized spacial score (nSPS) is 19.4. The minimum Gasteiger partial charge on any atom is -0.315 e.